The van der Waals surface area contributed by atoms with Crippen LogP contribution in [0.25, 0.3) is 17.3 Å². The van der Waals surface area contributed by atoms with Gasteiger partial charge in [0.2, 0.25) is 5.91 Å². The molecule has 3 aromatic rings. The summed E-state index contributed by atoms with van der Waals surface area (Å²) < 4.78 is 26.0. The highest BCUT2D eigenvalue weighted by Gasteiger charge is 2.06. The quantitative estimate of drug-likeness (QED) is 0.696. The van der Waals surface area contributed by atoms with E-state index in [4.69, 9.17) is 0 Å². The Balaban J connectivity index is 1.66. The number of halogens is 2. The first-order valence-corrected chi connectivity index (χ1v) is 7.94. The van der Waals surface area contributed by atoms with E-state index in [0.717, 1.165) is 5.56 Å². The Bertz CT molecular complexity index is 888. The predicted molar refractivity (Wildman–Crippen MR) is 91.6 cm³/mol. The molecule has 1 amide bonds. The third kappa shape index (κ3) is 4.11. The molecule has 0 unspecified atom stereocenters. The fourth-order valence-corrected chi connectivity index (χ4v) is 2.74. The van der Waals surface area contributed by atoms with Crippen molar-refractivity contribution in [2.45, 2.75) is 0 Å². The van der Waals surface area contributed by atoms with Crippen molar-refractivity contribution in [2.24, 2.45) is 0 Å². The normalized spacial score (nSPS) is 10.9. The van der Waals surface area contributed by atoms with E-state index in [9.17, 15) is 13.6 Å². The van der Waals surface area contributed by atoms with Gasteiger partial charge in [0.25, 0.3) is 0 Å². The summed E-state index contributed by atoms with van der Waals surface area (Å²) in [4.78, 5) is 16.2. The van der Waals surface area contributed by atoms with Gasteiger partial charge in [-0.15, -0.1) is 11.3 Å². The van der Waals surface area contributed by atoms with E-state index in [1.807, 2.05) is 0 Å². The average Bonchev–Trinajstić information content (AvgIpc) is 3.02. The largest absolute Gasteiger partial charge is 0.298 e. The molecule has 2 aromatic carbocycles. The minimum absolute atomic E-state index is 0.315. The van der Waals surface area contributed by atoms with Crippen molar-refractivity contribution in [3.63, 3.8) is 0 Å². The number of rotatable bonds is 4. The van der Waals surface area contributed by atoms with Crippen LogP contribution in [0.4, 0.5) is 13.9 Å². The maximum absolute atomic E-state index is 13.1. The van der Waals surface area contributed by atoms with Gasteiger partial charge in [0.1, 0.15) is 11.6 Å². The lowest BCUT2D eigenvalue weighted by Crippen LogP contribution is -2.07. The smallest absolute Gasteiger partial charge is 0.250 e. The van der Waals surface area contributed by atoms with E-state index in [0.29, 0.717) is 16.4 Å². The number of benzene rings is 2. The zero-order chi connectivity index (χ0) is 16.9. The summed E-state index contributed by atoms with van der Waals surface area (Å²) in [7, 11) is 0. The molecule has 0 spiro atoms. The van der Waals surface area contributed by atoms with Crippen LogP contribution in [0.15, 0.2) is 60.0 Å². The molecular weight excluding hydrogens is 330 g/mol. The van der Waals surface area contributed by atoms with Crippen LogP contribution in [-0.4, -0.2) is 10.9 Å². The summed E-state index contributed by atoms with van der Waals surface area (Å²) in [6, 6.07) is 11.9. The average molecular weight is 342 g/mol. The number of thiazole rings is 1. The molecule has 1 heterocycles. The number of hydrogen-bond acceptors (Lipinski definition) is 3. The van der Waals surface area contributed by atoms with E-state index in [2.05, 4.69) is 10.3 Å². The van der Waals surface area contributed by atoms with Crippen LogP contribution in [0, 0.1) is 11.6 Å². The summed E-state index contributed by atoms with van der Waals surface area (Å²) in [5.41, 5.74) is 2.02. The van der Waals surface area contributed by atoms with Crippen LogP contribution in [-0.2, 0) is 4.79 Å². The number of nitrogens with zero attached hydrogens (tertiary/aromatic N) is 1. The topological polar surface area (TPSA) is 42.0 Å². The molecule has 3 rings (SSSR count). The molecule has 0 saturated carbocycles. The van der Waals surface area contributed by atoms with Gasteiger partial charge in [-0.25, -0.2) is 13.8 Å². The number of anilines is 1. The molecule has 120 valence electrons. The number of hydrogen-bond donors (Lipinski definition) is 1. The van der Waals surface area contributed by atoms with Crippen molar-refractivity contribution in [1.82, 2.24) is 4.98 Å². The molecule has 1 N–H and O–H groups in total. The molecule has 0 aliphatic rings. The SMILES string of the molecule is O=C(/C=C/c1cccc(F)c1)Nc1nc(-c2ccc(F)cc2)cs1. The molecule has 0 bridgehead atoms. The molecule has 0 atom stereocenters. The predicted octanol–water partition coefficient (Wildman–Crippen LogP) is 4.74. The molecular formula is C18H12F2N2OS. The Morgan fingerprint density at radius 1 is 1.08 bits per heavy atom. The minimum Gasteiger partial charge on any atom is -0.298 e. The van der Waals surface area contributed by atoms with Crippen molar-refractivity contribution < 1.29 is 13.6 Å². The molecule has 0 radical (unpaired) electrons. The number of nitrogens with one attached hydrogen (secondary N) is 1. The van der Waals surface area contributed by atoms with Crippen LogP contribution in [0.1, 0.15) is 5.56 Å². The van der Waals surface area contributed by atoms with E-state index in [1.165, 1.54) is 47.8 Å². The van der Waals surface area contributed by atoms with Crippen LogP contribution in [0.5, 0.6) is 0 Å². The third-order valence-corrected chi connectivity index (χ3v) is 3.91. The summed E-state index contributed by atoms with van der Waals surface area (Å²) in [6.45, 7) is 0. The van der Waals surface area contributed by atoms with Gasteiger partial charge in [-0.1, -0.05) is 12.1 Å². The van der Waals surface area contributed by atoms with Gasteiger partial charge in [-0.05, 0) is 48.0 Å². The highest BCUT2D eigenvalue weighted by molar-refractivity contribution is 7.14. The zero-order valence-corrected chi connectivity index (χ0v) is 13.2. The van der Waals surface area contributed by atoms with Crippen molar-refractivity contribution in [1.29, 1.82) is 0 Å². The lowest BCUT2D eigenvalue weighted by Gasteiger charge is -1.97. The van der Waals surface area contributed by atoms with E-state index < -0.39 is 0 Å². The van der Waals surface area contributed by atoms with Crippen LogP contribution in [0.3, 0.4) is 0 Å². The van der Waals surface area contributed by atoms with Gasteiger partial charge in [0.05, 0.1) is 5.69 Å². The van der Waals surface area contributed by atoms with Crippen molar-refractivity contribution >= 4 is 28.5 Å². The van der Waals surface area contributed by atoms with Gasteiger partial charge in [-0.2, -0.15) is 0 Å². The van der Waals surface area contributed by atoms with Gasteiger partial charge < -0.3 is 0 Å². The molecule has 0 aliphatic carbocycles. The summed E-state index contributed by atoms with van der Waals surface area (Å²) in [5, 5.41) is 4.85. The second-order valence-electron chi connectivity index (χ2n) is 4.92. The highest BCUT2D eigenvalue weighted by Crippen LogP contribution is 2.25. The van der Waals surface area contributed by atoms with Crippen molar-refractivity contribution in [3.8, 4) is 11.3 Å². The summed E-state index contributed by atoms with van der Waals surface area (Å²) >= 11 is 1.27. The highest BCUT2D eigenvalue weighted by atomic mass is 32.1. The van der Waals surface area contributed by atoms with E-state index in [1.54, 1.807) is 29.6 Å². The maximum Gasteiger partial charge on any atom is 0.250 e. The van der Waals surface area contributed by atoms with Crippen LogP contribution >= 0.6 is 11.3 Å². The third-order valence-electron chi connectivity index (χ3n) is 3.15. The molecule has 1 aromatic heterocycles. The van der Waals surface area contributed by atoms with Gasteiger partial charge in [0.15, 0.2) is 5.13 Å². The van der Waals surface area contributed by atoms with Crippen LogP contribution < -0.4 is 5.32 Å². The van der Waals surface area contributed by atoms with Gasteiger partial charge in [-0.3, -0.25) is 10.1 Å². The fourth-order valence-electron chi connectivity index (χ4n) is 2.01. The number of aromatic nitrogens is 1. The number of carbonyl (C=O) groups is 1. The number of amides is 1. The van der Waals surface area contributed by atoms with Gasteiger partial charge in [0, 0.05) is 17.0 Å². The molecule has 24 heavy (non-hydrogen) atoms. The Morgan fingerprint density at radius 3 is 2.62 bits per heavy atom. The lowest BCUT2D eigenvalue weighted by atomic mass is 10.2. The Labute approximate surface area is 141 Å². The van der Waals surface area contributed by atoms with E-state index >= 15 is 0 Å². The lowest BCUT2D eigenvalue weighted by molar-refractivity contribution is -0.111. The van der Waals surface area contributed by atoms with Gasteiger partial charge >= 0.3 is 0 Å². The second kappa shape index (κ2) is 7.14. The summed E-state index contributed by atoms with van der Waals surface area (Å²) in [6.07, 6.45) is 2.83. The number of carbonyl (C=O) groups excluding carboxylic acids is 1. The van der Waals surface area contributed by atoms with Crippen molar-refractivity contribution in [2.75, 3.05) is 5.32 Å². The first-order chi connectivity index (χ1) is 11.6. The first kappa shape index (κ1) is 16.0. The zero-order valence-electron chi connectivity index (χ0n) is 12.4. The van der Waals surface area contributed by atoms with Crippen LogP contribution in [0.2, 0.25) is 0 Å². The molecule has 0 saturated heterocycles. The maximum atomic E-state index is 13.1. The monoisotopic (exact) mass is 342 g/mol. The minimum atomic E-state index is -0.362. The Kier molecular flexibility index (Phi) is 4.77. The molecule has 6 heteroatoms. The Morgan fingerprint density at radius 2 is 1.88 bits per heavy atom. The fraction of sp³-hybridized carbons (Fsp3) is 0. The van der Waals surface area contributed by atoms with Crippen molar-refractivity contribution in [3.05, 3.63) is 77.2 Å². The molecule has 3 nitrogen and oxygen atoms in total. The molecule has 0 aliphatic heterocycles. The van der Waals surface area contributed by atoms with E-state index in [-0.39, 0.29) is 17.5 Å². The molecule has 0 fully saturated rings. The summed E-state index contributed by atoms with van der Waals surface area (Å²) in [5.74, 6) is -1.04. The Hall–Kier alpha value is -2.86. The second-order valence-corrected chi connectivity index (χ2v) is 5.78. The standard InChI is InChI=1S/C18H12F2N2OS/c19-14-7-5-13(6-8-14)16-11-24-18(21-16)22-17(23)9-4-12-2-1-3-15(20)10-12/h1-11H,(H,21,22,23)/b9-4+. The first-order valence-electron chi connectivity index (χ1n) is 7.06.